The number of aromatic nitrogens is 2. The van der Waals surface area contributed by atoms with Gasteiger partial charge in [-0.25, -0.2) is 0 Å². The normalized spacial score (nSPS) is 10.9. The molecular weight excluding hydrogens is 226 g/mol. The molecule has 0 unspecified atom stereocenters. The SMILES string of the molecule is C=C(CNC(C)C)CSc1nnc(C)s1. The van der Waals surface area contributed by atoms with Gasteiger partial charge in [-0.1, -0.05) is 49.1 Å². The average Bonchev–Trinajstić information content (AvgIpc) is 2.58. The van der Waals surface area contributed by atoms with Crippen LogP contribution >= 0.6 is 23.1 Å². The highest BCUT2D eigenvalue weighted by atomic mass is 32.2. The predicted molar refractivity (Wildman–Crippen MR) is 67.6 cm³/mol. The van der Waals surface area contributed by atoms with Crippen LogP contribution in [0.4, 0.5) is 0 Å². The molecule has 84 valence electrons. The van der Waals surface area contributed by atoms with Crippen LogP contribution in [0.2, 0.25) is 0 Å². The third kappa shape index (κ3) is 5.30. The van der Waals surface area contributed by atoms with Gasteiger partial charge in [-0.05, 0) is 6.92 Å². The van der Waals surface area contributed by atoms with Gasteiger partial charge in [0.2, 0.25) is 0 Å². The molecule has 3 nitrogen and oxygen atoms in total. The van der Waals surface area contributed by atoms with Crippen molar-refractivity contribution in [3.05, 3.63) is 17.2 Å². The van der Waals surface area contributed by atoms with Crippen LogP contribution in [0, 0.1) is 6.92 Å². The lowest BCUT2D eigenvalue weighted by atomic mass is 10.3. The maximum Gasteiger partial charge on any atom is 0.174 e. The minimum absolute atomic E-state index is 0.510. The first-order valence-electron chi connectivity index (χ1n) is 4.91. The summed E-state index contributed by atoms with van der Waals surface area (Å²) in [6.45, 7) is 11.1. The Bertz CT molecular complexity index is 320. The number of hydrogen-bond acceptors (Lipinski definition) is 5. The summed E-state index contributed by atoms with van der Waals surface area (Å²) in [6, 6.07) is 0.510. The summed E-state index contributed by atoms with van der Waals surface area (Å²) in [5.74, 6) is 0.911. The van der Waals surface area contributed by atoms with E-state index < -0.39 is 0 Å². The summed E-state index contributed by atoms with van der Waals surface area (Å²) in [6.07, 6.45) is 0. The van der Waals surface area contributed by atoms with Gasteiger partial charge in [0.05, 0.1) is 0 Å². The fourth-order valence-corrected chi connectivity index (χ4v) is 2.62. The van der Waals surface area contributed by atoms with Crippen LogP contribution in [0.15, 0.2) is 16.5 Å². The first-order chi connectivity index (χ1) is 7.08. The third-order valence-corrected chi connectivity index (χ3v) is 3.79. The van der Waals surface area contributed by atoms with Crippen LogP contribution in [0.5, 0.6) is 0 Å². The zero-order valence-corrected chi connectivity index (χ0v) is 11.0. The molecule has 0 aliphatic carbocycles. The van der Waals surface area contributed by atoms with Crippen molar-refractivity contribution >= 4 is 23.1 Å². The van der Waals surface area contributed by atoms with Crippen molar-refractivity contribution in [2.24, 2.45) is 0 Å². The zero-order valence-electron chi connectivity index (χ0n) is 9.41. The number of hydrogen-bond donors (Lipinski definition) is 1. The Hall–Kier alpha value is -0.390. The van der Waals surface area contributed by atoms with Crippen LogP contribution in [0.1, 0.15) is 18.9 Å². The average molecular weight is 243 g/mol. The molecule has 0 aliphatic heterocycles. The van der Waals surface area contributed by atoms with Crippen molar-refractivity contribution in [1.82, 2.24) is 15.5 Å². The van der Waals surface area contributed by atoms with E-state index in [4.69, 9.17) is 0 Å². The third-order valence-electron chi connectivity index (χ3n) is 1.67. The standard InChI is InChI=1S/C10H17N3S2/c1-7(2)11-5-8(3)6-14-10-13-12-9(4)15-10/h7,11H,3,5-6H2,1-2,4H3. The Morgan fingerprint density at radius 3 is 2.80 bits per heavy atom. The van der Waals surface area contributed by atoms with E-state index in [1.807, 2.05) is 6.92 Å². The smallest absolute Gasteiger partial charge is 0.174 e. The zero-order chi connectivity index (χ0) is 11.3. The second kappa shape index (κ2) is 6.25. The van der Waals surface area contributed by atoms with Crippen LogP contribution in [-0.2, 0) is 0 Å². The molecular formula is C10H17N3S2. The maximum absolute atomic E-state index is 4.05. The molecule has 0 amide bonds. The molecule has 1 heterocycles. The van der Waals surface area contributed by atoms with Gasteiger partial charge in [-0.3, -0.25) is 0 Å². The Morgan fingerprint density at radius 2 is 2.27 bits per heavy atom. The molecule has 0 radical (unpaired) electrons. The highest BCUT2D eigenvalue weighted by Gasteiger charge is 2.02. The number of thioether (sulfide) groups is 1. The first kappa shape index (κ1) is 12.7. The van der Waals surface area contributed by atoms with Gasteiger partial charge < -0.3 is 5.32 Å². The largest absolute Gasteiger partial charge is 0.311 e. The summed E-state index contributed by atoms with van der Waals surface area (Å²) in [7, 11) is 0. The quantitative estimate of drug-likeness (QED) is 0.615. The van der Waals surface area contributed by atoms with Gasteiger partial charge in [-0.15, -0.1) is 10.2 Å². The lowest BCUT2D eigenvalue weighted by molar-refractivity contribution is 0.623. The Kier molecular flexibility index (Phi) is 5.28. The molecule has 0 aliphatic rings. The summed E-state index contributed by atoms with van der Waals surface area (Å²) in [5, 5.41) is 12.4. The summed E-state index contributed by atoms with van der Waals surface area (Å²) in [4.78, 5) is 0. The van der Waals surface area contributed by atoms with E-state index in [9.17, 15) is 0 Å². The lowest BCUT2D eigenvalue weighted by Crippen LogP contribution is -2.25. The highest BCUT2D eigenvalue weighted by molar-refractivity contribution is 8.01. The van der Waals surface area contributed by atoms with Gasteiger partial charge in [0.25, 0.3) is 0 Å². The van der Waals surface area contributed by atoms with Crippen molar-refractivity contribution in [1.29, 1.82) is 0 Å². The molecule has 15 heavy (non-hydrogen) atoms. The minimum Gasteiger partial charge on any atom is -0.311 e. The Balaban J connectivity index is 2.22. The summed E-state index contributed by atoms with van der Waals surface area (Å²) < 4.78 is 1.03. The molecule has 1 aromatic rings. The van der Waals surface area contributed by atoms with Gasteiger partial charge in [0, 0.05) is 18.3 Å². The van der Waals surface area contributed by atoms with E-state index in [0.717, 1.165) is 21.6 Å². The number of aryl methyl sites for hydroxylation is 1. The fraction of sp³-hybridized carbons (Fsp3) is 0.600. The molecule has 0 fully saturated rings. The van der Waals surface area contributed by atoms with Crippen molar-refractivity contribution in [2.45, 2.75) is 31.2 Å². The fourth-order valence-electron chi connectivity index (χ4n) is 0.900. The van der Waals surface area contributed by atoms with Crippen LogP contribution in [0.25, 0.3) is 0 Å². The molecule has 1 aromatic heterocycles. The van der Waals surface area contributed by atoms with Gasteiger partial charge in [0.15, 0.2) is 4.34 Å². The molecule has 0 atom stereocenters. The highest BCUT2D eigenvalue weighted by Crippen LogP contribution is 2.23. The molecule has 0 aromatic carbocycles. The second-order valence-corrected chi connectivity index (χ2v) is 6.07. The van der Waals surface area contributed by atoms with Crippen molar-refractivity contribution in [3.8, 4) is 0 Å². The van der Waals surface area contributed by atoms with E-state index in [2.05, 4.69) is 35.9 Å². The van der Waals surface area contributed by atoms with E-state index in [1.165, 1.54) is 5.57 Å². The number of nitrogens with zero attached hydrogens (tertiary/aromatic N) is 2. The molecule has 0 bridgehead atoms. The lowest BCUT2D eigenvalue weighted by Gasteiger charge is -2.09. The maximum atomic E-state index is 4.05. The van der Waals surface area contributed by atoms with E-state index >= 15 is 0 Å². The molecule has 5 heteroatoms. The van der Waals surface area contributed by atoms with Gasteiger partial charge in [-0.2, -0.15) is 0 Å². The topological polar surface area (TPSA) is 37.8 Å². The summed E-state index contributed by atoms with van der Waals surface area (Å²) in [5.41, 5.74) is 1.20. The number of rotatable bonds is 6. The van der Waals surface area contributed by atoms with Crippen LogP contribution < -0.4 is 5.32 Å². The Labute approximate surface area is 99.4 Å². The molecule has 0 saturated heterocycles. The van der Waals surface area contributed by atoms with Crippen molar-refractivity contribution in [2.75, 3.05) is 12.3 Å². The first-order valence-corrected chi connectivity index (χ1v) is 6.71. The van der Waals surface area contributed by atoms with E-state index in [-0.39, 0.29) is 0 Å². The van der Waals surface area contributed by atoms with E-state index in [1.54, 1.807) is 23.1 Å². The van der Waals surface area contributed by atoms with Crippen LogP contribution in [-0.4, -0.2) is 28.5 Å². The van der Waals surface area contributed by atoms with Crippen molar-refractivity contribution < 1.29 is 0 Å². The molecule has 0 spiro atoms. The molecule has 1 rings (SSSR count). The predicted octanol–water partition coefficient (Wildman–Crippen LogP) is 2.49. The minimum atomic E-state index is 0.510. The Morgan fingerprint density at radius 1 is 1.53 bits per heavy atom. The van der Waals surface area contributed by atoms with Crippen LogP contribution in [0.3, 0.4) is 0 Å². The van der Waals surface area contributed by atoms with Gasteiger partial charge in [0.1, 0.15) is 5.01 Å². The van der Waals surface area contributed by atoms with Gasteiger partial charge >= 0.3 is 0 Å². The summed E-state index contributed by atoms with van der Waals surface area (Å²) >= 11 is 3.34. The number of nitrogens with one attached hydrogen (secondary N) is 1. The van der Waals surface area contributed by atoms with Crippen molar-refractivity contribution in [3.63, 3.8) is 0 Å². The second-order valence-electron chi connectivity index (χ2n) is 3.66. The van der Waals surface area contributed by atoms with E-state index in [0.29, 0.717) is 6.04 Å². The molecule has 1 N–H and O–H groups in total. The monoisotopic (exact) mass is 243 g/mol. The molecule has 0 saturated carbocycles.